The lowest BCUT2D eigenvalue weighted by Crippen LogP contribution is -2.29. The molecule has 2 aromatic carbocycles. The molecule has 7 nitrogen and oxygen atoms in total. The van der Waals surface area contributed by atoms with E-state index in [1.807, 2.05) is 13.8 Å². The van der Waals surface area contributed by atoms with E-state index in [1.54, 1.807) is 36.4 Å². The number of carboxylic acid groups (broad SMARTS) is 1. The molecule has 142 valence electrons. The van der Waals surface area contributed by atoms with Gasteiger partial charge in [0.2, 0.25) is 0 Å². The van der Waals surface area contributed by atoms with Crippen LogP contribution in [0.2, 0.25) is 0 Å². The first-order valence-corrected chi connectivity index (χ1v) is 8.49. The van der Waals surface area contributed by atoms with E-state index in [2.05, 4.69) is 10.6 Å². The Morgan fingerprint density at radius 3 is 2.33 bits per heavy atom. The third-order valence-electron chi connectivity index (χ3n) is 3.48. The van der Waals surface area contributed by atoms with Crippen molar-refractivity contribution in [2.24, 2.45) is 5.92 Å². The minimum atomic E-state index is -1.12. The van der Waals surface area contributed by atoms with Crippen molar-refractivity contribution in [2.45, 2.75) is 13.8 Å². The molecular formula is C20H22N2O5. The van der Waals surface area contributed by atoms with Gasteiger partial charge in [-0.3, -0.25) is 14.4 Å². The molecule has 0 unspecified atom stereocenters. The monoisotopic (exact) mass is 370 g/mol. The first-order chi connectivity index (χ1) is 12.8. The second-order valence-corrected chi connectivity index (χ2v) is 6.34. The molecule has 0 saturated carbocycles. The zero-order valence-corrected chi connectivity index (χ0v) is 15.2. The molecule has 2 aromatic rings. The number of aliphatic carboxylic acids is 1. The number of carbonyl (C=O) groups excluding carboxylic acids is 2. The lowest BCUT2D eigenvalue weighted by Gasteiger charge is -2.10. The SMILES string of the molecule is CC(C)COc1cccc(C(=O)Nc2ccc(C(=O)NCC(=O)O)cc2)c1. The van der Waals surface area contributed by atoms with Crippen molar-refractivity contribution >= 4 is 23.5 Å². The summed E-state index contributed by atoms with van der Waals surface area (Å²) >= 11 is 0. The number of nitrogens with one attached hydrogen (secondary N) is 2. The zero-order valence-electron chi connectivity index (χ0n) is 15.2. The number of hydrogen-bond donors (Lipinski definition) is 3. The Kier molecular flexibility index (Phi) is 6.93. The van der Waals surface area contributed by atoms with Gasteiger partial charge in [-0.15, -0.1) is 0 Å². The Morgan fingerprint density at radius 1 is 1.00 bits per heavy atom. The minimum absolute atomic E-state index is 0.298. The summed E-state index contributed by atoms with van der Waals surface area (Å²) in [6.07, 6.45) is 0. The van der Waals surface area contributed by atoms with E-state index in [0.29, 0.717) is 35.1 Å². The van der Waals surface area contributed by atoms with Crippen molar-refractivity contribution in [2.75, 3.05) is 18.5 Å². The Labute approximate surface area is 157 Å². The van der Waals surface area contributed by atoms with Gasteiger partial charge in [0.05, 0.1) is 6.61 Å². The van der Waals surface area contributed by atoms with Gasteiger partial charge >= 0.3 is 5.97 Å². The van der Waals surface area contributed by atoms with E-state index >= 15 is 0 Å². The molecule has 0 radical (unpaired) electrons. The van der Waals surface area contributed by atoms with Crippen molar-refractivity contribution in [1.29, 1.82) is 0 Å². The van der Waals surface area contributed by atoms with Crippen LogP contribution in [0.1, 0.15) is 34.6 Å². The van der Waals surface area contributed by atoms with Crippen LogP contribution in [0.4, 0.5) is 5.69 Å². The predicted octanol–water partition coefficient (Wildman–Crippen LogP) is 2.79. The maximum atomic E-state index is 12.4. The van der Waals surface area contributed by atoms with Crippen LogP contribution in [0.3, 0.4) is 0 Å². The standard InChI is InChI=1S/C20H22N2O5/c1-13(2)12-27-17-5-3-4-15(10-17)20(26)22-16-8-6-14(7-9-16)19(25)21-11-18(23)24/h3-10,13H,11-12H2,1-2H3,(H,21,25)(H,22,26)(H,23,24). The van der Waals surface area contributed by atoms with Gasteiger partial charge in [-0.25, -0.2) is 0 Å². The zero-order chi connectivity index (χ0) is 19.8. The largest absolute Gasteiger partial charge is 0.493 e. The van der Waals surface area contributed by atoms with Crippen LogP contribution >= 0.6 is 0 Å². The molecule has 0 aliphatic carbocycles. The van der Waals surface area contributed by atoms with E-state index < -0.39 is 18.4 Å². The highest BCUT2D eigenvalue weighted by molar-refractivity contribution is 6.04. The van der Waals surface area contributed by atoms with Gasteiger partial charge in [0, 0.05) is 16.8 Å². The number of hydrogen-bond acceptors (Lipinski definition) is 4. The molecule has 2 amide bonds. The average Bonchev–Trinajstić information content (AvgIpc) is 2.65. The van der Waals surface area contributed by atoms with Crippen molar-refractivity contribution in [3.8, 4) is 5.75 Å². The quantitative estimate of drug-likeness (QED) is 0.663. The van der Waals surface area contributed by atoms with E-state index in [0.717, 1.165) is 0 Å². The molecule has 3 N–H and O–H groups in total. The van der Waals surface area contributed by atoms with Crippen molar-refractivity contribution in [3.63, 3.8) is 0 Å². The summed E-state index contributed by atoms with van der Waals surface area (Å²) in [6, 6.07) is 13.1. The maximum Gasteiger partial charge on any atom is 0.322 e. The topological polar surface area (TPSA) is 105 Å². The highest BCUT2D eigenvalue weighted by atomic mass is 16.5. The number of amides is 2. The fourth-order valence-electron chi connectivity index (χ4n) is 2.16. The Balaban J connectivity index is 1.98. The van der Waals surface area contributed by atoms with Crippen LogP contribution < -0.4 is 15.4 Å². The van der Waals surface area contributed by atoms with Gasteiger partial charge in [-0.1, -0.05) is 19.9 Å². The molecule has 0 bridgehead atoms. The smallest absolute Gasteiger partial charge is 0.322 e. The third kappa shape index (κ3) is 6.47. The Bertz CT molecular complexity index is 815. The molecule has 0 aliphatic rings. The predicted molar refractivity (Wildman–Crippen MR) is 101 cm³/mol. The van der Waals surface area contributed by atoms with Gasteiger partial charge < -0.3 is 20.5 Å². The summed E-state index contributed by atoms with van der Waals surface area (Å²) in [4.78, 5) is 34.6. The fraction of sp³-hybridized carbons (Fsp3) is 0.250. The second-order valence-electron chi connectivity index (χ2n) is 6.34. The summed E-state index contributed by atoms with van der Waals surface area (Å²) < 4.78 is 5.62. The van der Waals surface area contributed by atoms with E-state index in [9.17, 15) is 14.4 Å². The van der Waals surface area contributed by atoms with Crippen LogP contribution in [0.5, 0.6) is 5.75 Å². The summed E-state index contributed by atoms with van der Waals surface area (Å²) in [5, 5.41) is 13.6. The van der Waals surface area contributed by atoms with Gasteiger partial charge in [0.1, 0.15) is 12.3 Å². The first-order valence-electron chi connectivity index (χ1n) is 8.49. The molecule has 2 rings (SSSR count). The van der Waals surface area contributed by atoms with Crippen molar-refractivity contribution in [3.05, 3.63) is 59.7 Å². The maximum absolute atomic E-state index is 12.4. The summed E-state index contributed by atoms with van der Waals surface area (Å²) in [6.45, 7) is 4.20. The van der Waals surface area contributed by atoms with Gasteiger partial charge in [0.15, 0.2) is 0 Å². The normalized spacial score (nSPS) is 10.3. The Hall–Kier alpha value is -3.35. The lowest BCUT2D eigenvalue weighted by atomic mass is 10.1. The molecule has 0 fully saturated rings. The molecule has 0 aromatic heterocycles. The molecule has 27 heavy (non-hydrogen) atoms. The number of ether oxygens (including phenoxy) is 1. The molecule has 0 aliphatic heterocycles. The summed E-state index contributed by atoms with van der Waals surface area (Å²) in [5.74, 6) is -0.902. The van der Waals surface area contributed by atoms with Crippen molar-refractivity contribution in [1.82, 2.24) is 5.32 Å². The van der Waals surface area contributed by atoms with Crippen LogP contribution in [0.25, 0.3) is 0 Å². The molecule has 0 heterocycles. The van der Waals surface area contributed by atoms with E-state index in [-0.39, 0.29) is 5.91 Å². The average molecular weight is 370 g/mol. The second kappa shape index (κ2) is 9.38. The Morgan fingerprint density at radius 2 is 1.70 bits per heavy atom. The van der Waals surface area contributed by atoms with Crippen LogP contribution in [-0.4, -0.2) is 36.0 Å². The molecule has 0 saturated heterocycles. The number of anilines is 1. The van der Waals surface area contributed by atoms with Crippen LogP contribution in [0, 0.1) is 5.92 Å². The molecular weight excluding hydrogens is 348 g/mol. The molecule has 0 atom stereocenters. The van der Waals surface area contributed by atoms with Crippen molar-refractivity contribution < 1.29 is 24.2 Å². The molecule has 7 heteroatoms. The van der Waals surface area contributed by atoms with Gasteiger partial charge in [-0.2, -0.15) is 0 Å². The number of benzene rings is 2. The third-order valence-corrected chi connectivity index (χ3v) is 3.48. The first kappa shape index (κ1) is 20.0. The van der Waals surface area contributed by atoms with Crippen LogP contribution in [0.15, 0.2) is 48.5 Å². The van der Waals surface area contributed by atoms with E-state index in [4.69, 9.17) is 9.84 Å². The van der Waals surface area contributed by atoms with Crippen LogP contribution in [-0.2, 0) is 4.79 Å². The minimum Gasteiger partial charge on any atom is -0.493 e. The number of carboxylic acids is 1. The van der Waals surface area contributed by atoms with Gasteiger partial charge in [0.25, 0.3) is 11.8 Å². The lowest BCUT2D eigenvalue weighted by molar-refractivity contribution is -0.135. The van der Waals surface area contributed by atoms with Gasteiger partial charge in [-0.05, 0) is 48.4 Å². The molecule has 0 spiro atoms. The summed E-state index contributed by atoms with van der Waals surface area (Å²) in [5.41, 5.74) is 1.28. The highest BCUT2D eigenvalue weighted by Crippen LogP contribution is 2.16. The number of rotatable bonds is 8. The number of carbonyl (C=O) groups is 3. The van der Waals surface area contributed by atoms with E-state index in [1.165, 1.54) is 12.1 Å². The summed E-state index contributed by atoms with van der Waals surface area (Å²) in [7, 11) is 0. The highest BCUT2D eigenvalue weighted by Gasteiger charge is 2.10. The fourth-order valence-corrected chi connectivity index (χ4v) is 2.16.